The van der Waals surface area contributed by atoms with Crippen LogP contribution in [-0.2, 0) is 7.05 Å². The average Bonchev–Trinajstić information content (AvgIpc) is 2.45. The molecule has 1 aromatic carbocycles. The molecule has 0 aliphatic heterocycles. The first-order valence-corrected chi connectivity index (χ1v) is 5.74. The first kappa shape index (κ1) is 12.0. The zero-order valence-electron chi connectivity index (χ0n) is 10.4. The maximum absolute atomic E-state index is 12.3. The first-order valence-electron chi connectivity index (χ1n) is 5.74. The van der Waals surface area contributed by atoms with E-state index in [0.717, 1.165) is 4.57 Å². The van der Waals surface area contributed by atoms with Gasteiger partial charge in [-0.3, -0.25) is 14.3 Å². The summed E-state index contributed by atoms with van der Waals surface area (Å²) in [5.74, 6) is 0.00208. The summed E-state index contributed by atoms with van der Waals surface area (Å²) < 4.78 is 1.45. The van der Waals surface area contributed by atoms with Crippen LogP contribution in [0.1, 0.15) is 0 Å². The summed E-state index contributed by atoms with van der Waals surface area (Å²) in [6, 6.07) is 8.64. The molecule has 2 heterocycles. The lowest BCUT2D eigenvalue weighted by Crippen LogP contribution is -2.41. The maximum Gasteiger partial charge on any atom is 0.361 e. The lowest BCUT2D eigenvalue weighted by Gasteiger charge is -2.08. The van der Waals surface area contributed by atoms with E-state index in [2.05, 4.69) is 15.2 Å². The van der Waals surface area contributed by atoms with E-state index < -0.39 is 11.2 Å². The molecule has 0 saturated carbocycles. The van der Waals surface area contributed by atoms with Gasteiger partial charge in [0.25, 0.3) is 0 Å². The summed E-state index contributed by atoms with van der Waals surface area (Å²) >= 11 is 0. The number of hydrogen-bond donors (Lipinski definition) is 1. The van der Waals surface area contributed by atoms with Gasteiger partial charge in [-0.25, -0.2) is 9.52 Å². The van der Waals surface area contributed by atoms with Crippen LogP contribution in [0.5, 0.6) is 0 Å². The number of benzene rings is 1. The van der Waals surface area contributed by atoms with E-state index in [1.807, 2.05) is 0 Å². The van der Waals surface area contributed by atoms with Crippen LogP contribution in [0.15, 0.2) is 39.9 Å². The van der Waals surface area contributed by atoms with Crippen molar-refractivity contribution in [3.05, 3.63) is 56.4 Å². The summed E-state index contributed by atoms with van der Waals surface area (Å²) in [6.07, 6.45) is 0. The molecule has 0 aliphatic carbocycles. The molecule has 8 heteroatoms. The number of aromatic nitrogens is 5. The highest BCUT2D eigenvalue weighted by Gasteiger charge is 2.20. The number of aromatic amines is 1. The van der Waals surface area contributed by atoms with Crippen LogP contribution in [0.25, 0.3) is 22.6 Å². The third-order valence-corrected chi connectivity index (χ3v) is 2.94. The number of nitrogens with zero attached hydrogens (tertiary/aromatic N) is 4. The second-order valence-electron chi connectivity index (χ2n) is 4.17. The Morgan fingerprint density at radius 3 is 2.60 bits per heavy atom. The van der Waals surface area contributed by atoms with E-state index in [1.165, 1.54) is 7.05 Å². The molecule has 20 heavy (non-hydrogen) atoms. The Morgan fingerprint density at radius 1 is 1.20 bits per heavy atom. The maximum atomic E-state index is 12.3. The SMILES string of the molecule is Cn1c(=O)[nH]c(=O)c2c1nnc(-c1ccccc1)[n+]2[O-]. The predicted molar refractivity (Wildman–Crippen MR) is 69.8 cm³/mol. The number of nitrogens with one attached hydrogen (secondary N) is 1. The molecule has 0 radical (unpaired) electrons. The molecule has 0 fully saturated rings. The Labute approximate surface area is 111 Å². The van der Waals surface area contributed by atoms with Gasteiger partial charge in [0.15, 0.2) is 0 Å². The van der Waals surface area contributed by atoms with Gasteiger partial charge >= 0.3 is 17.1 Å². The highest BCUT2D eigenvalue weighted by Crippen LogP contribution is 2.12. The van der Waals surface area contributed by atoms with Gasteiger partial charge in [-0.2, -0.15) is 0 Å². The van der Waals surface area contributed by atoms with Crippen LogP contribution in [0.4, 0.5) is 0 Å². The van der Waals surface area contributed by atoms with Gasteiger partial charge in [-0.1, -0.05) is 18.2 Å². The lowest BCUT2D eigenvalue weighted by atomic mass is 10.2. The summed E-state index contributed by atoms with van der Waals surface area (Å²) in [6.45, 7) is 0. The van der Waals surface area contributed by atoms with Crippen LogP contribution in [0.2, 0.25) is 0 Å². The molecule has 3 aromatic rings. The van der Waals surface area contributed by atoms with Gasteiger partial charge in [-0.05, 0) is 17.2 Å². The van der Waals surface area contributed by atoms with E-state index in [0.29, 0.717) is 10.3 Å². The molecule has 0 amide bonds. The van der Waals surface area contributed by atoms with E-state index >= 15 is 0 Å². The Balaban J connectivity index is 2.44. The highest BCUT2D eigenvalue weighted by atomic mass is 16.5. The Morgan fingerprint density at radius 2 is 1.90 bits per heavy atom. The normalized spacial score (nSPS) is 10.8. The summed E-state index contributed by atoms with van der Waals surface area (Å²) in [4.78, 5) is 25.3. The van der Waals surface area contributed by atoms with E-state index in [9.17, 15) is 14.8 Å². The summed E-state index contributed by atoms with van der Waals surface area (Å²) in [5, 5.41) is 19.9. The smallest absolute Gasteiger partial charge is 0.361 e. The van der Waals surface area contributed by atoms with Crippen LogP contribution < -0.4 is 16.0 Å². The first-order chi connectivity index (χ1) is 9.59. The zero-order chi connectivity index (χ0) is 14.3. The number of rotatable bonds is 1. The fraction of sp³-hybridized carbons (Fsp3) is 0.0833. The minimum absolute atomic E-state index is 0.00208. The van der Waals surface area contributed by atoms with Crippen molar-refractivity contribution in [2.45, 2.75) is 0 Å². The van der Waals surface area contributed by atoms with Crippen molar-refractivity contribution in [1.29, 1.82) is 0 Å². The second kappa shape index (κ2) is 4.26. The number of H-pyrrole nitrogens is 1. The fourth-order valence-corrected chi connectivity index (χ4v) is 1.90. The van der Waals surface area contributed by atoms with Crippen molar-refractivity contribution < 1.29 is 4.73 Å². The highest BCUT2D eigenvalue weighted by molar-refractivity contribution is 5.66. The molecule has 100 valence electrons. The third kappa shape index (κ3) is 1.66. The average molecular weight is 271 g/mol. The number of hydrogen-bond acceptors (Lipinski definition) is 5. The second-order valence-corrected chi connectivity index (χ2v) is 4.17. The lowest BCUT2D eigenvalue weighted by molar-refractivity contribution is -0.569. The van der Waals surface area contributed by atoms with Gasteiger partial charge in [0, 0.05) is 7.05 Å². The van der Waals surface area contributed by atoms with Crippen molar-refractivity contribution in [1.82, 2.24) is 19.7 Å². The minimum Gasteiger partial charge on any atom is -0.710 e. The van der Waals surface area contributed by atoms with Crippen molar-refractivity contribution in [2.75, 3.05) is 0 Å². The molecule has 0 spiro atoms. The molecule has 0 atom stereocenters. The van der Waals surface area contributed by atoms with Crippen molar-refractivity contribution in [3.8, 4) is 11.4 Å². The summed E-state index contributed by atoms with van der Waals surface area (Å²) in [5.41, 5.74) is -1.21. The van der Waals surface area contributed by atoms with Crippen molar-refractivity contribution in [3.63, 3.8) is 0 Å². The molecule has 0 bridgehead atoms. The molecule has 3 rings (SSSR count). The van der Waals surface area contributed by atoms with Gasteiger partial charge in [0.2, 0.25) is 11.2 Å². The Hall–Kier alpha value is -3.03. The zero-order valence-corrected chi connectivity index (χ0v) is 10.4. The Kier molecular flexibility index (Phi) is 2.56. The summed E-state index contributed by atoms with van der Waals surface area (Å²) in [7, 11) is 1.40. The molecule has 0 aliphatic rings. The van der Waals surface area contributed by atoms with Gasteiger partial charge in [0.1, 0.15) is 0 Å². The largest absolute Gasteiger partial charge is 0.710 e. The van der Waals surface area contributed by atoms with Crippen molar-refractivity contribution >= 4 is 11.2 Å². The van der Waals surface area contributed by atoms with Crippen LogP contribution in [-0.4, -0.2) is 19.7 Å². The van der Waals surface area contributed by atoms with E-state index in [4.69, 9.17) is 0 Å². The van der Waals surface area contributed by atoms with Gasteiger partial charge in [-0.15, -0.1) is 0 Å². The van der Waals surface area contributed by atoms with E-state index in [1.54, 1.807) is 30.3 Å². The van der Waals surface area contributed by atoms with Crippen LogP contribution >= 0.6 is 0 Å². The molecular weight excluding hydrogens is 262 g/mol. The molecule has 2 aromatic heterocycles. The predicted octanol–water partition coefficient (Wildman–Crippen LogP) is -0.683. The molecule has 0 unspecified atom stereocenters. The monoisotopic (exact) mass is 271 g/mol. The van der Waals surface area contributed by atoms with Crippen LogP contribution in [0, 0.1) is 5.21 Å². The van der Waals surface area contributed by atoms with E-state index in [-0.39, 0.29) is 17.0 Å². The molecule has 0 saturated heterocycles. The topological polar surface area (TPSA) is 108 Å². The standard InChI is InChI=1S/C12H9N5O3/c1-16-10-8(11(18)13-12(16)19)17(20)9(14-15-10)7-5-3-2-4-6-7/h2-6H,1H3,(H,13,18,19). The Bertz CT molecular complexity index is 914. The van der Waals surface area contributed by atoms with Crippen LogP contribution in [0.3, 0.4) is 0 Å². The van der Waals surface area contributed by atoms with Gasteiger partial charge < -0.3 is 5.21 Å². The van der Waals surface area contributed by atoms with Crippen molar-refractivity contribution in [2.24, 2.45) is 7.05 Å². The fourth-order valence-electron chi connectivity index (χ4n) is 1.90. The molecule has 8 nitrogen and oxygen atoms in total. The molecular formula is C12H9N5O3. The quantitative estimate of drug-likeness (QED) is 0.466. The third-order valence-electron chi connectivity index (χ3n) is 2.94. The number of fused-ring (bicyclic) bond motifs is 1. The van der Waals surface area contributed by atoms with Gasteiger partial charge in [0.05, 0.1) is 10.7 Å². The minimum atomic E-state index is -0.787. The molecule has 1 N–H and O–H groups in total. The number of aryl methyl sites for hydroxylation is 1.